The molecule has 9 nitrogen and oxygen atoms in total. The number of hydrogen-bond donors (Lipinski definition) is 2. The van der Waals surface area contributed by atoms with Gasteiger partial charge in [-0.15, -0.1) is 0 Å². The Bertz CT molecular complexity index is 576. The second kappa shape index (κ2) is 6.00. The van der Waals surface area contributed by atoms with Crippen molar-refractivity contribution in [2.45, 2.75) is 38.6 Å². The lowest BCUT2D eigenvalue weighted by Gasteiger charge is -2.27. The smallest absolute Gasteiger partial charge is 0.258 e. The second-order valence-corrected chi connectivity index (χ2v) is 4.97. The van der Waals surface area contributed by atoms with Crippen molar-refractivity contribution in [2.75, 3.05) is 16.9 Å². The van der Waals surface area contributed by atoms with Gasteiger partial charge in [0.1, 0.15) is 12.7 Å². The molecule has 0 saturated heterocycles. The van der Waals surface area contributed by atoms with Gasteiger partial charge in [-0.25, -0.2) is 10.8 Å². The van der Waals surface area contributed by atoms with Crippen molar-refractivity contribution in [2.24, 2.45) is 5.84 Å². The molecule has 1 fully saturated rings. The Balaban J connectivity index is 1.98. The number of anilines is 2. The highest BCUT2D eigenvalue weighted by Crippen LogP contribution is 2.26. The summed E-state index contributed by atoms with van der Waals surface area (Å²) in [7, 11) is 0. The lowest BCUT2D eigenvalue weighted by molar-refractivity contribution is 0.601. The first-order chi connectivity index (χ1) is 10.3. The van der Waals surface area contributed by atoms with Crippen molar-refractivity contribution >= 4 is 11.9 Å². The van der Waals surface area contributed by atoms with E-state index < -0.39 is 0 Å². The molecule has 2 heterocycles. The first kappa shape index (κ1) is 13.7. The lowest BCUT2D eigenvalue weighted by atomic mass is 10.2. The van der Waals surface area contributed by atoms with E-state index >= 15 is 0 Å². The largest absolute Gasteiger partial charge is 0.338 e. The van der Waals surface area contributed by atoms with Crippen LogP contribution >= 0.6 is 0 Å². The maximum atomic E-state index is 5.47. The number of hydrogen-bond acceptors (Lipinski definition) is 8. The van der Waals surface area contributed by atoms with Gasteiger partial charge in [0.15, 0.2) is 0 Å². The monoisotopic (exact) mass is 289 g/mol. The molecule has 0 amide bonds. The highest BCUT2D eigenvalue weighted by molar-refractivity contribution is 5.40. The quantitative estimate of drug-likeness (QED) is 0.605. The van der Waals surface area contributed by atoms with E-state index in [1.165, 1.54) is 36.7 Å². The van der Waals surface area contributed by atoms with Crippen LogP contribution in [0.4, 0.5) is 11.9 Å². The maximum absolute atomic E-state index is 5.47. The Morgan fingerprint density at radius 1 is 1.33 bits per heavy atom. The van der Waals surface area contributed by atoms with Gasteiger partial charge in [0.05, 0.1) is 0 Å². The third kappa shape index (κ3) is 2.77. The average Bonchev–Trinajstić information content (AvgIpc) is 3.21. The van der Waals surface area contributed by atoms with E-state index in [0.29, 0.717) is 23.9 Å². The Kier molecular flexibility index (Phi) is 3.91. The van der Waals surface area contributed by atoms with E-state index in [-0.39, 0.29) is 0 Å². The Morgan fingerprint density at radius 3 is 2.76 bits per heavy atom. The van der Waals surface area contributed by atoms with Gasteiger partial charge in [-0.1, -0.05) is 12.8 Å². The van der Waals surface area contributed by atoms with Crippen LogP contribution in [0.25, 0.3) is 5.95 Å². The fourth-order valence-electron chi connectivity index (χ4n) is 2.74. The van der Waals surface area contributed by atoms with Crippen LogP contribution in [0.5, 0.6) is 0 Å². The number of nitrogens with one attached hydrogen (secondary N) is 1. The SMILES string of the molecule is CCN(c1nc(NN)nc(-n2cncn2)n1)C1CCCC1. The van der Waals surface area contributed by atoms with Crippen LogP contribution < -0.4 is 16.2 Å². The number of rotatable bonds is 5. The van der Waals surface area contributed by atoms with Crippen LogP contribution in [0.2, 0.25) is 0 Å². The van der Waals surface area contributed by atoms with E-state index in [1.54, 1.807) is 6.33 Å². The van der Waals surface area contributed by atoms with E-state index in [9.17, 15) is 0 Å². The van der Waals surface area contributed by atoms with E-state index in [1.807, 2.05) is 0 Å². The fourth-order valence-corrected chi connectivity index (χ4v) is 2.74. The van der Waals surface area contributed by atoms with Crippen molar-refractivity contribution in [3.63, 3.8) is 0 Å². The van der Waals surface area contributed by atoms with Gasteiger partial charge >= 0.3 is 0 Å². The molecular formula is C12H19N9. The Labute approximate surface area is 122 Å². The highest BCUT2D eigenvalue weighted by atomic mass is 15.4. The summed E-state index contributed by atoms with van der Waals surface area (Å²) in [6.07, 6.45) is 7.83. The van der Waals surface area contributed by atoms with Gasteiger partial charge < -0.3 is 4.90 Å². The maximum Gasteiger partial charge on any atom is 0.258 e. The zero-order chi connectivity index (χ0) is 14.7. The molecule has 21 heavy (non-hydrogen) atoms. The van der Waals surface area contributed by atoms with Crippen LogP contribution in [0.15, 0.2) is 12.7 Å². The number of hydrazine groups is 1. The molecule has 3 rings (SSSR count). The van der Waals surface area contributed by atoms with E-state index in [2.05, 4.69) is 42.3 Å². The molecule has 0 spiro atoms. The molecule has 0 aliphatic heterocycles. The third-order valence-corrected chi connectivity index (χ3v) is 3.73. The summed E-state index contributed by atoms with van der Waals surface area (Å²) in [5.74, 6) is 6.82. The predicted molar refractivity (Wildman–Crippen MR) is 77.8 cm³/mol. The van der Waals surface area contributed by atoms with Crippen molar-refractivity contribution in [1.29, 1.82) is 0 Å². The molecule has 1 saturated carbocycles. The number of nitrogen functional groups attached to an aromatic ring is 1. The van der Waals surface area contributed by atoms with Crippen molar-refractivity contribution in [1.82, 2.24) is 29.7 Å². The number of nitrogens with zero attached hydrogens (tertiary/aromatic N) is 7. The van der Waals surface area contributed by atoms with Crippen LogP contribution in [0.3, 0.4) is 0 Å². The second-order valence-electron chi connectivity index (χ2n) is 4.97. The van der Waals surface area contributed by atoms with E-state index in [0.717, 1.165) is 6.54 Å². The summed E-state index contributed by atoms with van der Waals surface area (Å²) in [6.45, 7) is 2.95. The molecule has 0 bridgehead atoms. The van der Waals surface area contributed by atoms with Gasteiger partial charge in [-0.3, -0.25) is 5.43 Å². The molecule has 112 valence electrons. The highest BCUT2D eigenvalue weighted by Gasteiger charge is 2.24. The summed E-state index contributed by atoms with van der Waals surface area (Å²) in [4.78, 5) is 19.2. The minimum Gasteiger partial charge on any atom is -0.338 e. The first-order valence-corrected chi connectivity index (χ1v) is 7.16. The summed E-state index contributed by atoms with van der Waals surface area (Å²) in [5.41, 5.74) is 2.49. The zero-order valence-electron chi connectivity index (χ0n) is 12.0. The van der Waals surface area contributed by atoms with Crippen molar-refractivity contribution < 1.29 is 0 Å². The Hall–Kier alpha value is -2.29. The molecule has 3 N–H and O–H groups in total. The van der Waals surface area contributed by atoms with Crippen molar-refractivity contribution in [3.8, 4) is 5.95 Å². The van der Waals surface area contributed by atoms with Crippen LogP contribution in [-0.2, 0) is 0 Å². The molecule has 0 unspecified atom stereocenters. The van der Waals surface area contributed by atoms with Gasteiger partial charge in [0.2, 0.25) is 11.9 Å². The first-order valence-electron chi connectivity index (χ1n) is 7.16. The zero-order valence-corrected chi connectivity index (χ0v) is 12.0. The minimum absolute atomic E-state index is 0.321. The lowest BCUT2D eigenvalue weighted by Crippen LogP contribution is -2.35. The predicted octanol–water partition coefficient (Wildman–Crippen LogP) is 0.507. The molecule has 9 heteroatoms. The number of aromatic nitrogens is 6. The van der Waals surface area contributed by atoms with Gasteiger partial charge in [0.25, 0.3) is 5.95 Å². The van der Waals surface area contributed by atoms with Gasteiger partial charge in [-0.2, -0.15) is 24.7 Å². The van der Waals surface area contributed by atoms with Gasteiger partial charge in [0, 0.05) is 12.6 Å². The Morgan fingerprint density at radius 2 is 2.14 bits per heavy atom. The molecule has 0 radical (unpaired) electrons. The van der Waals surface area contributed by atoms with Crippen LogP contribution in [0.1, 0.15) is 32.6 Å². The normalized spacial score (nSPS) is 15.3. The molecule has 2 aromatic heterocycles. The van der Waals surface area contributed by atoms with Gasteiger partial charge in [-0.05, 0) is 19.8 Å². The van der Waals surface area contributed by atoms with Crippen LogP contribution in [-0.4, -0.2) is 42.3 Å². The average molecular weight is 289 g/mol. The molecule has 1 aliphatic carbocycles. The van der Waals surface area contributed by atoms with Crippen molar-refractivity contribution in [3.05, 3.63) is 12.7 Å². The summed E-state index contributed by atoms with van der Waals surface area (Å²) in [6, 6.07) is 0.478. The standard InChI is InChI=1S/C12H19N9/c1-2-20(9-5-3-4-6-9)11-16-10(19-13)17-12(18-11)21-8-14-7-15-21/h7-9H,2-6,13H2,1H3,(H,16,17,18,19). The topological polar surface area (TPSA) is 111 Å². The van der Waals surface area contributed by atoms with Crippen LogP contribution in [0, 0.1) is 0 Å². The summed E-state index contributed by atoms with van der Waals surface area (Å²) < 4.78 is 1.49. The summed E-state index contributed by atoms with van der Waals surface area (Å²) >= 11 is 0. The third-order valence-electron chi connectivity index (χ3n) is 3.73. The van der Waals surface area contributed by atoms with E-state index in [4.69, 9.17) is 5.84 Å². The molecule has 0 aromatic carbocycles. The molecular weight excluding hydrogens is 270 g/mol. The molecule has 0 atom stereocenters. The molecule has 2 aromatic rings. The fraction of sp³-hybridized carbons (Fsp3) is 0.583. The number of nitrogens with two attached hydrogens (primary N) is 1. The minimum atomic E-state index is 0.321. The molecule has 1 aliphatic rings. The summed E-state index contributed by atoms with van der Waals surface area (Å²) in [5, 5.41) is 4.05.